The molecule has 0 rings (SSSR count). The summed E-state index contributed by atoms with van der Waals surface area (Å²) in [6, 6.07) is -4.90. The van der Waals surface area contributed by atoms with Crippen LogP contribution >= 0.6 is 0 Å². The lowest BCUT2D eigenvalue weighted by Crippen LogP contribution is -2.61. The van der Waals surface area contributed by atoms with E-state index in [1.165, 1.54) is 6.92 Å². The van der Waals surface area contributed by atoms with Crippen LogP contribution in [0.4, 0.5) is 0 Å². The summed E-state index contributed by atoms with van der Waals surface area (Å²) in [6.07, 6.45) is -0.285. The third-order valence-corrected chi connectivity index (χ3v) is 5.17. The highest BCUT2D eigenvalue weighted by Gasteiger charge is 2.35. The van der Waals surface area contributed by atoms with Crippen LogP contribution in [0.3, 0.4) is 0 Å². The maximum Gasteiger partial charge on any atom is 0.326 e. The first-order valence-corrected chi connectivity index (χ1v) is 10.1. The van der Waals surface area contributed by atoms with Gasteiger partial charge in [0.15, 0.2) is 0 Å². The van der Waals surface area contributed by atoms with Gasteiger partial charge in [-0.3, -0.25) is 14.4 Å². The molecule has 0 saturated heterocycles. The highest BCUT2D eigenvalue weighted by Crippen LogP contribution is 2.12. The van der Waals surface area contributed by atoms with Gasteiger partial charge < -0.3 is 37.0 Å². The Bertz CT molecular complexity index is 599. The summed E-state index contributed by atoms with van der Waals surface area (Å²) in [7, 11) is 0. The zero-order valence-electron chi connectivity index (χ0n) is 18.2. The van der Waals surface area contributed by atoms with Crippen molar-refractivity contribution in [2.75, 3.05) is 6.61 Å². The minimum absolute atomic E-state index is 0.329. The van der Waals surface area contributed by atoms with Crippen LogP contribution < -0.4 is 21.7 Å². The van der Waals surface area contributed by atoms with Crippen LogP contribution in [0.2, 0.25) is 0 Å². The minimum Gasteiger partial charge on any atom is -0.480 e. The zero-order chi connectivity index (χ0) is 23.6. The topological polar surface area (TPSA) is 191 Å². The molecule has 0 aromatic heterocycles. The molecular weight excluding hydrogens is 396 g/mol. The number of carboxylic acid groups (broad SMARTS) is 1. The van der Waals surface area contributed by atoms with E-state index < -0.39 is 60.6 Å². The summed E-state index contributed by atoms with van der Waals surface area (Å²) in [4.78, 5) is 48.9. The van der Waals surface area contributed by atoms with Crippen molar-refractivity contribution >= 4 is 23.7 Å². The van der Waals surface area contributed by atoms with Crippen molar-refractivity contribution in [3.8, 4) is 0 Å². The Morgan fingerprint density at radius 3 is 1.60 bits per heavy atom. The predicted molar refractivity (Wildman–Crippen MR) is 109 cm³/mol. The smallest absolute Gasteiger partial charge is 0.326 e. The monoisotopic (exact) mass is 432 g/mol. The fourth-order valence-corrected chi connectivity index (χ4v) is 2.62. The summed E-state index contributed by atoms with van der Waals surface area (Å²) in [6.45, 7) is 7.63. The van der Waals surface area contributed by atoms with Crippen molar-refractivity contribution in [3.63, 3.8) is 0 Å². The Kier molecular flexibility index (Phi) is 12.2. The van der Waals surface area contributed by atoms with Gasteiger partial charge in [0.2, 0.25) is 17.7 Å². The van der Waals surface area contributed by atoms with Gasteiger partial charge in [0, 0.05) is 0 Å². The molecule has 11 nitrogen and oxygen atoms in total. The summed E-state index contributed by atoms with van der Waals surface area (Å²) in [5.74, 6) is -4.22. The SMILES string of the molecule is CCC(C)C(NC(=O)C(NC(=O)C(NC(=O)C(N)CO)C(C)O)C(C)CC)C(=O)O. The number of hydrogen-bond acceptors (Lipinski definition) is 7. The van der Waals surface area contributed by atoms with Gasteiger partial charge in [0.25, 0.3) is 0 Å². The fraction of sp³-hybridized carbons (Fsp3) is 0.789. The van der Waals surface area contributed by atoms with E-state index in [1.54, 1.807) is 27.7 Å². The number of aliphatic hydroxyl groups is 2. The molecule has 30 heavy (non-hydrogen) atoms. The fourth-order valence-electron chi connectivity index (χ4n) is 2.62. The maximum atomic E-state index is 12.8. The second kappa shape index (κ2) is 13.1. The second-order valence-electron chi connectivity index (χ2n) is 7.60. The number of aliphatic hydroxyl groups excluding tert-OH is 2. The Labute approximate surface area is 176 Å². The van der Waals surface area contributed by atoms with Gasteiger partial charge in [-0.2, -0.15) is 0 Å². The summed E-state index contributed by atoms with van der Waals surface area (Å²) in [5, 5.41) is 35.5. The number of amides is 3. The first-order valence-electron chi connectivity index (χ1n) is 10.1. The Balaban J connectivity index is 5.52. The average molecular weight is 433 g/mol. The van der Waals surface area contributed by atoms with Crippen LogP contribution in [0, 0.1) is 11.8 Å². The lowest BCUT2D eigenvalue weighted by molar-refractivity contribution is -0.144. The summed E-state index contributed by atoms with van der Waals surface area (Å²) in [5.41, 5.74) is 5.41. The van der Waals surface area contributed by atoms with Crippen molar-refractivity contribution in [1.29, 1.82) is 0 Å². The van der Waals surface area contributed by atoms with Crippen LogP contribution in [0.15, 0.2) is 0 Å². The lowest BCUT2D eigenvalue weighted by Gasteiger charge is -2.29. The van der Waals surface area contributed by atoms with E-state index in [0.717, 1.165) is 0 Å². The Hall–Kier alpha value is -2.24. The molecule has 0 heterocycles. The standard InChI is InChI=1S/C19H36N4O7/c1-6-9(3)13(17(27)22-14(19(29)30)10(4)7-2)21-18(28)15(11(5)25)23-16(26)12(20)8-24/h9-15,24-25H,6-8,20H2,1-5H3,(H,21,28)(H,22,27)(H,23,26)(H,29,30). The zero-order valence-corrected chi connectivity index (χ0v) is 18.2. The van der Waals surface area contributed by atoms with Gasteiger partial charge in [-0.25, -0.2) is 4.79 Å². The number of nitrogens with two attached hydrogens (primary N) is 1. The van der Waals surface area contributed by atoms with E-state index in [-0.39, 0.29) is 11.8 Å². The van der Waals surface area contributed by atoms with Crippen LogP contribution in [-0.4, -0.2) is 75.9 Å². The molecule has 3 amide bonds. The molecule has 8 N–H and O–H groups in total. The van der Waals surface area contributed by atoms with Gasteiger partial charge in [0.05, 0.1) is 12.7 Å². The minimum atomic E-state index is -1.42. The molecule has 7 atom stereocenters. The molecule has 0 aliphatic heterocycles. The van der Waals surface area contributed by atoms with Crippen molar-refractivity contribution < 1.29 is 34.5 Å². The highest BCUT2D eigenvalue weighted by molar-refractivity contribution is 5.94. The summed E-state index contributed by atoms with van der Waals surface area (Å²) < 4.78 is 0. The quantitative estimate of drug-likeness (QED) is 0.179. The molecule has 0 bridgehead atoms. The molecule has 0 spiro atoms. The number of carboxylic acids is 1. The maximum absolute atomic E-state index is 12.8. The molecule has 0 radical (unpaired) electrons. The Morgan fingerprint density at radius 1 is 0.800 bits per heavy atom. The molecule has 0 aromatic carbocycles. The number of carbonyl (C=O) groups excluding carboxylic acids is 3. The van der Waals surface area contributed by atoms with Crippen molar-refractivity contribution in [3.05, 3.63) is 0 Å². The van der Waals surface area contributed by atoms with E-state index >= 15 is 0 Å². The normalized spacial score (nSPS) is 18.1. The van der Waals surface area contributed by atoms with E-state index in [2.05, 4.69) is 16.0 Å². The van der Waals surface area contributed by atoms with Crippen molar-refractivity contribution in [2.24, 2.45) is 17.6 Å². The molecule has 0 fully saturated rings. The second-order valence-corrected chi connectivity index (χ2v) is 7.60. The van der Waals surface area contributed by atoms with Crippen LogP contribution in [0.5, 0.6) is 0 Å². The lowest BCUT2D eigenvalue weighted by atomic mass is 9.95. The van der Waals surface area contributed by atoms with Gasteiger partial charge in [0.1, 0.15) is 24.2 Å². The van der Waals surface area contributed by atoms with E-state index in [0.29, 0.717) is 12.8 Å². The van der Waals surface area contributed by atoms with Crippen molar-refractivity contribution in [2.45, 2.75) is 77.7 Å². The van der Waals surface area contributed by atoms with Crippen molar-refractivity contribution in [1.82, 2.24) is 16.0 Å². The molecule has 7 unspecified atom stereocenters. The highest BCUT2D eigenvalue weighted by atomic mass is 16.4. The molecule has 0 aliphatic carbocycles. The first-order chi connectivity index (χ1) is 13.9. The van der Waals surface area contributed by atoms with E-state index in [9.17, 15) is 29.4 Å². The molecule has 174 valence electrons. The van der Waals surface area contributed by atoms with Crippen LogP contribution in [0.25, 0.3) is 0 Å². The molecular formula is C19H36N4O7. The first kappa shape index (κ1) is 27.8. The number of aliphatic carboxylic acids is 1. The van der Waals surface area contributed by atoms with Crippen LogP contribution in [0.1, 0.15) is 47.5 Å². The number of nitrogens with one attached hydrogen (secondary N) is 3. The van der Waals surface area contributed by atoms with Gasteiger partial charge in [-0.05, 0) is 18.8 Å². The van der Waals surface area contributed by atoms with Gasteiger partial charge in [-0.15, -0.1) is 0 Å². The third kappa shape index (κ3) is 8.25. The average Bonchev–Trinajstić information content (AvgIpc) is 2.70. The number of rotatable bonds is 13. The largest absolute Gasteiger partial charge is 0.480 e. The Morgan fingerprint density at radius 2 is 1.20 bits per heavy atom. The van der Waals surface area contributed by atoms with E-state index in [1.807, 2.05) is 0 Å². The van der Waals surface area contributed by atoms with Gasteiger partial charge >= 0.3 is 5.97 Å². The predicted octanol–water partition coefficient (Wildman–Crippen LogP) is -1.68. The van der Waals surface area contributed by atoms with Crippen LogP contribution in [-0.2, 0) is 19.2 Å². The molecule has 0 aliphatic rings. The van der Waals surface area contributed by atoms with Gasteiger partial charge in [-0.1, -0.05) is 40.5 Å². The molecule has 0 aromatic rings. The molecule has 11 heteroatoms. The number of hydrogen-bond donors (Lipinski definition) is 7. The summed E-state index contributed by atoms with van der Waals surface area (Å²) >= 11 is 0. The van der Waals surface area contributed by atoms with E-state index in [4.69, 9.17) is 10.8 Å². The third-order valence-electron chi connectivity index (χ3n) is 5.17. The molecule has 0 saturated carbocycles. The number of carbonyl (C=O) groups is 4.